The third-order valence-electron chi connectivity index (χ3n) is 4.74. The summed E-state index contributed by atoms with van der Waals surface area (Å²) < 4.78 is 5.68. The summed E-state index contributed by atoms with van der Waals surface area (Å²) in [5, 5.41) is 2.90. The molecule has 3 rings (SSSR count). The first-order valence-corrected chi connectivity index (χ1v) is 9.55. The molecule has 2 atom stereocenters. The van der Waals surface area contributed by atoms with Gasteiger partial charge in [-0.05, 0) is 49.2 Å². The van der Waals surface area contributed by atoms with E-state index in [2.05, 4.69) is 5.32 Å². The van der Waals surface area contributed by atoms with Gasteiger partial charge >= 0.3 is 0 Å². The molecule has 0 bridgehead atoms. The zero-order chi connectivity index (χ0) is 20.1. The van der Waals surface area contributed by atoms with Crippen molar-refractivity contribution in [2.75, 3.05) is 18.8 Å². The molecule has 6 nitrogen and oxygen atoms in total. The van der Waals surface area contributed by atoms with E-state index in [9.17, 15) is 9.59 Å². The smallest absolute Gasteiger partial charge is 0.254 e. The molecule has 2 aromatic carbocycles. The van der Waals surface area contributed by atoms with E-state index in [0.29, 0.717) is 37.3 Å². The van der Waals surface area contributed by atoms with E-state index >= 15 is 0 Å². The number of morpholine rings is 1. The summed E-state index contributed by atoms with van der Waals surface area (Å²) in [4.78, 5) is 26.6. The summed E-state index contributed by atoms with van der Waals surface area (Å²) in [7, 11) is 0. The summed E-state index contributed by atoms with van der Waals surface area (Å²) in [6.07, 6.45) is 0.399. The van der Waals surface area contributed by atoms with Crippen LogP contribution in [-0.2, 0) is 22.5 Å². The van der Waals surface area contributed by atoms with Crippen LogP contribution < -0.4 is 11.1 Å². The number of carbonyl (C=O) groups excluding carboxylic acids is 2. The van der Waals surface area contributed by atoms with Crippen LogP contribution in [0.3, 0.4) is 0 Å². The maximum absolute atomic E-state index is 12.7. The van der Waals surface area contributed by atoms with Crippen molar-refractivity contribution in [1.29, 1.82) is 0 Å². The van der Waals surface area contributed by atoms with Gasteiger partial charge in [-0.25, -0.2) is 0 Å². The maximum Gasteiger partial charge on any atom is 0.254 e. The fraction of sp³-hybridized carbons (Fsp3) is 0.364. The quantitative estimate of drug-likeness (QED) is 0.779. The highest BCUT2D eigenvalue weighted by Crippen LogP contribution is 2.15. The first-order chi connectivity index (χ1) is 13.4. The number of nitrogens with two attached hydrogens (primary N) is 1. The lowest BCUT2D eigenvalue weighted by Crippen LogP contribution is -2.48. The molecule has 1 aliphatic rings. The van der Waals surface area contributed by atoms with Crippen LogP contribution in [0.5, 0.6) is 0 Å². The molecule has 6 heteroatoms. The second-order valence-electron chi connectivity index (χ2n) is 7.36. The summed E-state index contributed by atoms with van der Waals surface area (Å²) >= 11 is 0. The lowest BCUT2D eigenvalue weighted by Gasteiger charge is -2.35. The molecule has 2 amide bonds. The lowest BCUT2D eigenvalue weighted by molar-refractivity contribution is -0.120. The van der Waals surface area contributed by atoms with Gasteiger partial charge in [0.15, 0.2) is 0 Å². The average molecular weight is 381 g/mol. The Morgan fingerprint density at radius 3 is 2.18 bits per heavy atom. The molecule has 0 aromatic heterocycles. The van der Waals surface area contributed by atoms with Crippen LogP contribution >= 0.6 is 0 Å². The number of ether oxygens (including phenoxy) is 1. The lowest BCUT2D eigenvalue weighted by atomic mass is 10.1. The van der Waals surface area contributed by atoms with Gasteiger partial charge in [-0.2, -0.15) is 0 Å². The Bertz CT molecular complexity index is 808. The zero-order valence-electron chi connectivity index (χ0n) is 16.4. The number of carbonyl (C=O) groups is 2. The number of amides is 2. The fourth-order valence-electron chi connectivity index (χ4n) is 3.38. The molecule has 0 aliphatic carbocycles. The van der Waals surface area contributed by atoms with Crippen molar-refractivity contribution in [2.45, 2.75) is 39.0 Å². The van der Waals surface area contributed by atoms with Crippen LogP contribution in [0.1, 0.15) is 35.3 Å². The van der Waals surface area contributed by atoms with Gasteiger partial charge in [-0.15, -0.1) is 0 Å². The third kappa shape index (κ3) is 5.33. The van der Waals surface area contributed by atoms with E-state index in [1.165, 1.54) is 0 Å². The summed E-state index contributed by atoms with van der Waals surface area (Å²) in [6.45, 7) is 5.59. The van der Waals surface area contributed by atoms with E-state index < -0.39 is 0 Å². The van der Waals surface area contributed by atoms with E-state index in [4.69, 9.17) is 10.5 Å². The Morgan fingerprint density at radius 2 is 1.57 bits per heavy atom. The van der Waals surface area contributed by atoms with Gasteiger partial charge < -0.3 is 20.7 Å². The van der Waals surface area contributed by atoms with Gasteiger partial charge in [0.25, 0.3) is 5.91 Å². The number of anilines is 1. The van der Waals surface area contributed by atoms with E-state index in [-0.39, 0.29) is 24.0 Å². The van der Waals surface area contributed by atoms with E-state index in [1.54, 1.807) is 12.1 Å². The Hall–Kier alpha value is -2.86. The Kier molecular flexibility index (Phi) is 6.31. The standard InChI is InChI=1S/C22H27N3O3/c1-15-13-25(14-16(2)28-15)22(27)19-7-3-18(4-8-19)12-24-21(26)11-17-5-9-20(23)10-6-17/h3-10,15-16H,11-14,23H2,1-2H3,(H,24,26). The number of nitrogens with one attached hydrogen (secondary N) is 1. The van der Waals surface area contributed by atoms with Crippen LogP contribution in [0, 0.1) is 0 Å². The maximum atomic E-state index is 12.7. The Labute approximate surface area is 165 Å². The molecule has 0 radical (unpaired) electrons. The minimum absolute atomic E-state index is 0.0148. The van der Waals surface area contributed by atoms with Gasteiger partial charge in [0.2, 0.25) is 5.91 Å². The molecule has 2 aromatic rings. The van der Waals surface area contributed by atoms with Crippen molar-refractivity contribution in [3.63, 3.8) is 0 Å². The SMILES string of the molecule is CC1CN(C(=O)c2ccc(CNC(=O)Cc3ccc(N)cc3)cc2)CC(C)O1. The van der Waals surface area contributed by atoms with Crippen molar-refractivity contribution in [3.8, 4) is 0 Å². The van der Waals surface area contributed by atoms with Crippen LogP contribution in [0.15, 0.2) is 48.5 Å². The van der Waals surface area contributed by atoms with E-state index in [0.717, 1.165) is 11.1 Å². The minimum atomic E-state index is -0.0544. The monoisotopic (exact) mass is 381 g/mol. The third-order valence-corrected chi connectivity index (χ3v) is 4.74. The first-order valence-electron chi connectivity index (χ1n) is 9.55. The van der Waals surface area contributed by atoms with Gasteiger partial charge in [0.05, 0.1) is 18.6 Å². The summed E-state index contributed by atoms with van der Waals surface area (Å²) in [5.74, 6) is -0.0397. The molecule has 1 heterocycles. The molecule has 0 saturated carbocycles. The molecule has 2 unspecified atom stereocenters. The zero-order valence-corrected chi connectivity index (χ0v) is 16.4. The highest BCUT2D eigenvalue weighted by atomic mass is 16.5. The second-order valence-corrected chi connectivity index (χ2v) is 7.36. The van der Waals surface area contributed by atoms with Gasteiger partial charge in [-0.1, -0.05) is 24.3 Å². The van der Waals surface area contributed by atoms with E-state index in [1.807, 2.05) is 55.1 Å². The molecule has 1 aliphatic heterocycles. The minimum Gasteiger partial charge on any atom is -0.399 e. The van der Waals surface area contributed by atoms with Crippen molar-refractivity contribution in [2.24, 2.45) is 0 Å². The number of nitrogens with zero attached hydrogens (tertiary/aromatic N) is 1. The highest BCUT2D eigenvalue weighted by molar-refractivity contribution is 5.94. The van der Waals surface area contributed by atoms with Gasteiger partial charge in [-0.3, -0.25) is 9.59 Å². The number of nitrogen functional groups attached to an aromatic ring is 1. The molecule has 1 fully saturated rings. The largest absolute Gasteiger partial charge is 0.399 e. The summed E-state index contributed by atoms with van der Waals surface area (Å²) in [5.41, 5.74) is 8.85. The topological polar surface area (TPSA) is 84.7 Å². The average Bonchev–Trinajstić information content (AvgIpc) is 2.67. The molecule has 3 N–H and O–H groups in total. The molecular formula is C22H27N3O3. The molecule has 1 saturated heterocycles. The molecular weight excluding hydrogens is 354 g/mol. The number of benzene rings is 2. The molecule has 148 valence electrons. The predicted octanol–water partition coefficient (Wildman–Crippen LogP) is 2.38. The first kappa shape index (κ1) is 19.9. The van der Waals surface area contributed by atoms with Gasteiger partial charge in [0.1, 0.15) is 0 Å². The Balaban J connectivity index is 1.52. The van der Waals surface area contributed by atoms with Crippen molar-refractivity contribution >= 4 is 17.5 Å². The van der Waals surface area contributed by atoms with Crippen LogP contribution in [0.2, 0.25) is 0 Å². The number of hydrogen-bond acceptors (Lipinski definition) is 4. The number of rotatable bonds is 5. The number of hydrogen-bond donors (Lipinski definition) is 2. The Morgan fingerprint density at radius 1 is 1.00 bits per heavy atom. The van der Waals surface area contributed by atoms with Gasteiger partial charge in [0, 0.05) is 30.9 Å². The van der Waals surface area contributed by atoms with Crippen LogP contribution in [0.4, 0.5) is 5.69 Å². The highest BCUT2D eigenvalue weighted by Gasteiger charge is 2.26. The molecule has 28 heavy (non-hydrogen) atoms. The normalized spacial score (nSPS) is 19.3. The van der Waals surface area contributed by atoms with Crippen LogP contribution in [-0.4, -0.2) is 42.0 Å². The van der Waals surface area contributed by atoms with Crippen molar-refractivity contribution in [3.05, 3.63) is 65.2 Å². The van der Waals surface area contributed by atoms with Crippen molar-refractivity contribution < 1.29 is 14.3 Å². The van der Waals surface area contributed by atoms with Crippen molar-refractivity contribution in [1.82, 2.24) is 10.2 Å². The van der Waals surface area contributed by atoms with Crippen LogP contribution in [0.25, 0.3) is 0 Å². The fourth-order valence-corrected chi connectivity index (χ4v) is 3.38. The summed E-state index contributed by atoms with van der Waals surface area (Å²) in [6, 6.07) is 14.7. The molecule has 0 spiro atoms. The second kappa shape index (κ2) is 8.89. The predicted molar refractivity (Wildman–Crippen MR) is 109 cm³/mol.